The van der Waals surface area contributed by atoms with E-state index in [2.05, 4.69) is 52.9 Å². The van der Waals surface area contributed by atoms with E-state index in [0.29, 0.717) is 11.3 Å². The third-order valence-electron chi connectivity index (χ3n) is 4.70. The van der Waals surface area contributed by atoms with Gasteiger partial charge in [-0.3, -0.25) is 4.18 Å². The highest BCUT2D eigenvalue weighted by Crippen LogP contribution is 2.24. The lowest BCUT2D eigenvalue weighted by Crippen LogP contribution is -2.04. The summed E-state index contributed by atoms with van der Waals surface area (Å²) in [7, 11) is -4.43. The van der Waals surface area contributed by atoms with Gasteiger partial charge in [0.15, 0.2) is 4.90 Å². The summed E-state index contributed by atoms with van der Waals surface area (Å²) < 4.78 is 34.1. The maximum Gasteiger partial charge on any atom is 0.217 e. The third-order valence-corrected chi connectivity index (χ3v) is 6.93. The number of rotatable bonds is 6. The fourth-order valence-electron chi connectivity index (χ4n) is 3.13. The fourth-order valence-corrected chi connectivity index (χ4v) is 4.89. The lowest BCUT2D eigenvalue weighted by atomic mass is 10.1. The van der Waals surface area contributed by atoms with Crippen LogP contribution in [-0.4, -0.2) is 24.3 Å². The maximum absolute atomic E-state index is 10.0. The fraction of sp³-hybridized carbons (Fsp3) is 0.120. The first-order valence-corrected chi connectivity index (χ1v) is 13.0. The second kappa shape index (κ2) is 11.2. The molecule has 1 unspecified atom stereocenters. The lowest BCUT2D eigenvalue weighted by molar-refractivity contribution is 0.253. The van der Waals surface area contributed by atoms with Crippen molar-refractivity contribution in [1.29, 1.82) is 0 Å². The molecule has 0 aliphatic heterocycles. The zero-order valence-electron chi connectivity index (χ0n) is 17.5. The van der Waals surface area contributed by atoms with E-state index in [1.165, 1.54) is 21.2 Å². The topological polar surface area (TPSA) is 86.7 Å². The van der Waals surface area contributed by atoms with E-state index >= 15 is 0 Å². The Labute approximate surface area is 191 Å². The average Bonchev–Trinajstić information content (AvgIpc) is 2.79. The molecule has 0 saturated carbocycles. The molecule has 166 valence electrons. The molecule has 7 heteroatoms. The molecule has 0 saturated heterocycles. The predicted octanol–water partition coefficient (Wildman–Crippen LogP) is 5.02. The summed E-state index contributed by atoms with van der Waals surface area (Å²) in [5.74, 6) is 1.36. The summed E-state index contributed by atoms with van der Waals surface area (Å²) in [5.41, 5.74) is 2.04. The summed E-state index contributed by atoms with van der Waals surface area (Å²) in [6, 6.07) is 31.2. The van der Waals surface area contributed by atoms with Crippen LogP contribution >= 0.6 is 0 Å². The smallest absolute Gasteiger partial charge is 0.217 e. The molecule has 4 aromatic rings. The van der Waals surface area contributed by atoms with E-state index in [0.717, 1.165) is 5.75 Å². The minimum absolute atomic E-state index is 0.140. The van der Waals surface area contributed by atoms with Crippen LogP contribution in [0.4, 0.5) is 0 Å². The van der Waals surface area contributed by atoms with Crippen molar-refractivity contribution in [3.63, 3.8) is 0 Å². The second-order valence-corrected chi connectivity index (χ2v) is 10.2. The van der Waals surface area contributed by atoms with Gasteiger partial charge in [0.05, 0.1) is 6.61 Å². The molecular weight excluding hydrogens is 444 g/mol. The molecule has 0 radical (unpaired) electrons. The number of hydrogen-bond donors (Lipinski definition) is 1. The lowest BCUT2D eigenvalue weighted by Gasteiger charge is -2.07. The van der Waals surface area contributed by atoms with Crippen LogP contribution in [0, 0.1) is 0 Å². The van der Waals surface area contributed by atoms with Crippen molar-refractivity contribution in [2.75, 3.05) is 6.26 Å². The molecule has 1 N–H and O–H groups in total. The van der Waals surface area contributed by atoms with Crippen LogP contribution in [0.3, 0.4) is 0 Å². The van der Waals surface area contributed by atoms with Gasteiger partial charge in [-0.05, 0) is 40.6 Å². The highest BCUT2D eigenvalue weighted by molar-refractivity contribution is 7.95. The second-order valence-electron chi connectivity index (χ2n) is 7.07. The first-order valence-electron chi connectivity index (χ1n) is 9.84. The summed E-state index contributed by atoms with van der Waals surface area (Å²) in [6.07, 6.45) is 2.26. The summed E-state index contributed by atoms with van der Waals surface area (Å²) >= 11 is 0. The van der Waals surface area contributed by atoms with Crippen molar-refractivity contribution < 1.29 is 22.3 Å². The van der Waals surface area contributed by atoms with Gasteiger partial charge in [0.1, 0.15) is 17.8 Å². The van der Waals surface area contributed by atoms with Gasteiger partial charge in [0.25, 0.3) is 0 Å². The molecule has 5 nitrogen and oxygen atoms in total. The molecule has 0 spiro atoms. The molecule has 4 aromatic carbocycles. The maximum atomic E-state index is 10.0. The van der Waals surface area contributed by atoms with Gasteiger partial charge in [-0.15, -0.1) is 0 Å². The summed E-state index contributed by atoms with van der Waals surface area (Å²) in [6.45, 7) is -0.202. The van der Waals surface area contributed by atoms with E-state index in [4.69, 9.17) is 0 Å². The Morgan fingerprint density at radius 3 is 2.16 bits per heavy atom. The normalized spacial score (nSPS) is 12.1. The first kappa shape index (κ1) is 23.8. The van der Waals surface area contributed by atoms with E-state index < -0.39 is 10.4 Å². The SMILES string of the molecule is C[S+](Cc1cccc2ccccc12)c1ccc(O)cc1.O=S(=O)([O-])OCc1ccccc1. The number of benzene rings is 4. The van der Waals surface area contributed by atoms with Gasteiger partial charge in [0, 0.05) is 16.5 Å². The monoisotopic (exact) mass is 468 g/mol. The third kappa shape index (κ3) is 7.39. The molecule has 4 rings (SSSR count). The number of aromatic hydroxyl groups is 1. The minimum atomic E-state index is -4.57. The van der Waals surface area contributed by atoms with Crippen LogP contribution in [0.25, 0.3) is 10.8 Å². The van der Waals surface area contributed by atoms with E-state index in [-0.39, 0.29) is 17.5 Å². The van der Waals surface area contributed by atoms with Crippen molar-refractivity contribution in [2.45, 2.75) is 17.3 Å². The Kier molecular flexibility index (Phi) is 8.30. The number of phenols is 1. The molecule has 1 atom stereocenters. The van der Waals surface area contributed by atoms with Crippen LogP contribution in [0.5, 0.6) is 5.75 Å². The number of fused-ring (bicyclic) bond motifs is 1. The Balaban J connectivity index is 0.000000207. The minimum Gasteiger partial charge on any atom is -0.726 e. The summed E-state index contributed by atoms with van der Waals surface area (Å²) in [4.78, 5) is 1.29. The molecule has 0 aliphatic carbocycles. The van der Waals surface area contributed by atoms with Crippen LogP contribution in [-0.2, 0) is 37.8 Å². The zero-order chi connectivity index (χ0) is 23.0. The van der Waals surface area contributed by atoms with Crippen molar-refractivity contribution in [1.82, 2.24) is 0 Å². The standard InChI is InChI=1S/C18H16OS.C7H8O4S/c1-20(17-11-9-16(19)10-12-17)13-15-7-4-6-14-5-2-3-8-18(14)15;8-12(9,10)11-6-7-4-2-1-3-5-7/h2-12H,13H2,1H3;1-5H,6H2,(H,8,9,10). The van der Waals surface area contributed by atoms with Gasteiger partial charge in [-0.25, -0.2) is 8.42 Å². The van der Waals surface area contributed by atoms with E-state index in [1.807, 2.05) is 12.1 Å². The van der Waals surface area contributed by atoms with Crippen molar-refractivity contribution >= 4 is 32.1 Å². The molecule has 0 aliphatic rings. The van der Waals surface area contributed by atoms with Gasteiger partial charge in [-0.2, -0.15) is 0 Å². The Morgan fingerprint density at radius 1 is 0.844 bits per heavy atom. The number of hydrogen-bond acceptors (Lipinski definition) is 5. The first-order chi connectivity index (χ1) is 15.3. The zero-order valence-corrected chi connectivity index (χ0v) is 19.2. The Morgan fingerprint density at radius 2 is 1.47 bits per heavy atom. The van der Waals surface area contributed by atoms with Gasteiger partial charge >= 0.3 is 0 Å². The van der Waals surface area contributed by atoms with Crippen LogP contribution in [0.1, 0.15) is 11.1 Å². The average molecular weight is 469 g/mol. The van der Waals surface area contributed by atoms with Gasteiger partial charge in [-0.1, -0.05) is 72.8 Å². The van der Waals surface area contributed by atoms with Crippen molar-refractivity contribution in [2.24, 2.45) is 0 Å². The van der Waals surface area contributed by atoms with Crippen molar-refractivity contribution in [3.05, 3.63) is 108 Å². The van der Waals surface area contributed by atoms with Gasteiger partial charge in [0.2, 0.25) is 10.4 Å². The highest BCUT2D eigenvalue weighted by Gasteiger charge is 2.17. The Bertz CT molecular complexity index is 1240. The molecule has 0 aromatic heterocycles. The van der Waals surface area contributed by atoms with Crippen molar-refractivity contribution in [3.8, 4) is 5.75 Å². The van der Waals surface area contributed by atoms with Gasteiger partial charge < -0.3 is 9.66 Å². The molecule has 0 heterocycles. The molecule has 0 fully saturated rings. The predicted molar refractivity (Wildman–Crippen MR) is 128 cm³/mol. The summed E-state index contributed by atoms with van der Waals surface area (Å²) in [5, 5.41) is 12.0. The Hall–Kier alpha value is -2.84. The molecule has 0 bridgehead atoms. The quantitative estimate of drug-likeness (QED) is 0.244. The van der Waals surface area contributed by atoms with E-state index in [1.54, 1.807) is 42.5 Å². The number of phenolic OH excluding ortho intramolecular Hbond substituents is 1. The molecule has 0 amide bonds. The molecule has 32 heavy (non-hydrogen) atoms. The molecular formula is C25H24O5S2. The van der Waals surface area contributed by atoms with E-state index in [9.17, 15) is 18.1 Å². The highest BCUT2D eigenvalue weighted by atomic mass is 32.3. The van der Waals surface area contributed by atoms with Crippen LogP contribution in [0.15, 0.2) is 102 Å². The largest absolute Gasteiger partial charge is 0.726 e. The van der Waals surface area contributed by atoms with Crippen LogP contribution < -0.4 is 0 Å². The van der Waals surface area contributed by atoms with Crippen LogP contribution in [0.2, 0.25) is 0 Å².